The molecule has 0 unspecified atom stereocenters. The summed E-state index contributed by atoms with van der Waals surface area (Å²) in [5, 5.41) is 0. The maximum atomic E-state index is 11.8. The van der Waals surface area contributed by atoms with Crippen molar-refractivity contribution in [1.29, 1.82) is 0 Å². The van der Waals surface area contributed by atoms with E-state index in [9.17, 15) is 9.59 Å². The van der Waals surface area contributed by atoms with Crippen LogP contribution in [0, 0.1) is 23.7 Å². The Morgan fingerprint density at radius 1 is 1.40 bits per heavy atom. The predicted octanol–water partition coefficient (Wildman–Crippen LogP) is 1.80. The number of fused-ring (bicyclic) bond motifs is 4. The van der Waals surface area contributed by atoms with Gasteiger partial charge >= 0.3 is 5.97 Å². The van der Waals surface area contributed by atoms with Crippen molar-refractivity contribution < 1.29 is 14.3 Å². The molecule has 0 radical (unpaired) electrons. The van der Waals surface area contributed by atoms with Crippen LogP contribution in [0.4, 0.5) is 0 Å². The van der Waals surface area contributed by atoms with Crippen molar-refractivity contribution in [3.05, 3.63) is 0 Å². The van der Waals surface area contributed by atoms with Crippen molar-refractivity contribution in [2.75, 3.05) is 7.11 Å². The summed E-state index contributed by atoms with van der Waals surface area (Å²) in [7, 11) is 1.44. The first kappa shape index (κ1) is 10.7. The minimum atomic E-state index is -0.119. The lowest BCUT2D eigenvalue weighted by atomic mass is 9.73. The van der Waals surface area contributed by atoms with Crippen LogP contribution in [0.5, 0.6) is 0 Å². The van der Waals surface area contributed by atoms with E-state index in [1.165, 1.54) is 7.11 Å². The van der Waals surface area contributed by atoms with Crippen molar-refractivity contribution in [1.82, 2.24) is 0 Å². The van der Waals surface area contributed by atoms with Gasteiger partial charge in [-0.25, -0.2) is 0 Å². The quantitative estimate of drug-likeness (QED) is 0.620. The molecular formula is C12H18O3. The normalized spacial score (nSPS) is 40.0. The molecule has 3 nitrogen and oxygen atoms in total. The average molecular weight is 210 g/mol. The average Bonchev–Trinajstić information content (AvgIpc) is 2.46. The zero-order chi connectivity index (χ0) is 11.0. The zero-order valence-electron chi connectivity index (χ0n) is 9.36. The van der Waals surface area contributed by atoms with Gasteiger partial charge in [-0.05, 0) is 31.1 Å². The third-order valence-corrected chi connectivity index (χ3v) is 4.14. The van der Waals surface area contributed by atoms with Gasteiger partial charge in [-0.15, -0.1) is 0 Å². The van der Waals surface area contributed by atoms with E-state index >= 15 is 0 Å². The number of rotatable bonds is 1. The van der Waals surface area contributed by atoms with Gasteiger partial charge in [0.05, 0.1) is 13.0 Å². The van der Waals surface area contributed by atoms with Gasteiger partial charge in [0.2, 0.25) is 0 Å². The van der Waals surface area contributed by atoms with Crippen LogP contribution in [0.3, 0.4) is 0 Å². The van der Waals surface area contributed by atoms with Gasteiger partial charge in [0, 0.05) is 12.3 Å². The smallest absolute Gasteiger partial charge is 0.308 e. The van der Waals surface area contributed by atoms with Crippen LogP contribution in [0.25, 0.3) is 0 Å². The molecule has 3 fully saturated rings. The standard InChI is InChI=1S/C12H18O3/c1-7-3-4-8-5-11(13)9(7)6-10(8)12(14)15-2/h7-10H,3-6H2,1-2H3/t7-,8-,9+,10-/m1/s1. The third kappa shape index (κ3) is 1.80. The van der Waals surface area contributed by atoms with E-state index in [0.717, 1.165) is 19.3 Å². The molecule has 0 aromatic rings. The van der Waals surface area contributed by atoms with E-state index in [4.69, 9.17) is 4.74 Å². The number of carbonyl (C=O) groups excluding carboxylic acids is 2. The van der Waals surface area contributed by atoms with Crippen molar-refractivity contribution in [3.63, 3.8) is 0 Å². The molecule has 3 rings (SSSR count). The predicted molar refractivity (Wildman–Crippen MR) is 55.1 cm³/mol. The van der Waals surface area contributed by atoms with E-state index in [0.29, 0.717) is 18.1 Å². The number of hydrogen-bond donors (Lipinski definition) is 0. The van der Waals surface area contributed by atoms with Crippen LogP contribution >= 0.6 is 0 Å². The lowest BCUT2D eigenvalue weighted by Crippen LogP contribution is -2.36. The maximum Gasteiger partial charge on any atom is 0.308 e. The molecule has 0 N–H and O–H groups in total. The summed E-state index contributed by atoms with van der Waals surface area (Å²) in [5.74, 6) is 1.01. The number of hydrogen-bond acceptors (Lipinski definition) is 3. The fourth-order valence-corrected chi connectivity index (χ4v) is 3.12. The number of ketones is 1. The molecule has 84 valence electrons. The molecule has 3 heteroatoms. The van der Waals surface area contributed by atoms with E-state index in [2.05, 4.69) is 6.92 Å². The molecule has 2 bridgehead atoms. The molecule has 0 aliphatic heterocycles. The second-order valence-corrected chi connectivity index (χ2v) is 4.96. The minimum absolute atomic E-state index is 0.0253. The molecule has 0 aromatic heterocycles. The molecule has 3 aliphatic rings. The highest BCUT2D eigenvalue weighted by atomic mass is 16.5. The summed E-state index contributed by atoms with van der Waals surface area (Å²) in [6.45, 7) is 2.13. The van der Waals surface area contributed by atoms with Crippen LogP contribution in [0.15, 0.2) is 0 Å². The minimum Gasteiger partial charge on any atom is -0.469 e. The van der Waals surface area contributed by atoms with Gasteiger partial charge in [0.1, 0.15) is 5.78 Å². The summed E-state index contributed by atoms with van der Waals surface area (Å²) in [6.07, 6.45) is 3.39. The molecule has 4 atom stereocenters. The van der Waals surface area contributed by atoms with E-state index < -0.39 is 0 Å². The van der Waals surface area contributed by atoms with Crippen LogP contribution in [0.1, 0.15) is 32.6 Å². The fraction of sp³-hybridized carbons (Fsp3) is 0.833. The largest absolute Gasteiger partial charge is 0.469 e. The molecule has 0 spiro atoms. The molecule has 0 amide bonds. The maximum absolute atomic E-state index is 11.8. The van der Waals surface area contributed by atoms with Gasteiger partial charge in [-0.3, -0.25) is 9.59 Å². The van der Waals surface area contributed by atoms with Gasteiger partial charge in [0.25, 0.3) is 0 Å². The summed E-state index contributed by atoms with van der Waals surface area (Å²) in [6, 6.07) is 0. The molecule has 0 heterocycles. The van der Waals surface area contributed by atoms with Crippen molar-refractivity contribution in [2.45, 2.75) is 32.6 Å². The van der Waals surface area contributed by atoms with Gasteiger partial charge in [0.15, 0.2) is 0 Å². The summed E-state index contributed by atoms with van der Waals surface area (Å²) >= 11 is 0. The van der Waals surface area contributed by atoms with E-state index in [1.807, 2.05) is 0 Å². The number of methoxy groups -OCH3 is 1. The highest BCUT2D eigenvalue weighted by Gasteiger charge is 2.44. The topological polar surface area (TPSA) is 43.4 Å². The van der Waals surface area contributed by atoms with Crippen LogP contribution in [-0.2, 0) is 14.3 Å². The van der Waals surface area contributed by atoms with Crippen molar-refractivity contribution >= 4 is 11.8 Å². The summed E-state index contributed by atoms with van der Waals surface area (Å²) in [5.41, 5.74) is 0. The van der Waals surface area contributed by atoms with Crippen LogP contribution in [-0.4, -0.2) is 18.9 Å². The molecule has 3 saturated carbocycles. The Labute approximate surface area is 90.2 Å². The first-order valence-corrected chi connectivity index (χ1v) is 5.74. The molecular weight excluding hydrogens is 192 g/mol. The number of Topliss-reactive ketones (excluding diaryl/α,β-unsaturated/α-hetero) is 1. The van der Waals surface area contributed by atoms with Gasteiger partial charge in [-0.1, -0.05) is 6.92 Å². The van der Waals surface area contributed by atoms with E-state index in [1.54, 1.807) is 0 Å². The van der Waals surface area contributed by atoms with Crippen LogP contribution in [0.2, 0.25) is 0 Å². The first-order valence-electron chi connectivity index (χ1n) is 5.74. The van der Waals surface area contributed by atoms with Crippen molar-refractivity contribution in [2.24, 2.45) is 23.7 Å². The molecule has 0 saturated heterocycles. The Kier molecular flexibility index (Phi) is 2.81. The number of esters is 1. The monoisotopic (exact) mass is 210 g/mol. The fourth-order valence-electron chi connectivity index (χ4n) is 3.12. The highest BCUT2D eigenvalue weighted by molar-refractivity contribution is 5.85. The second kappa shape index (κ2) is 3.95. The Bertz CT molecular complexity index is 285. The van der Waals surface area contributed by atoms with Gasteiger partial charge < -0.3 is 4.74 Å². The Morgan fingerprint density at radius 2 is 2.13 bits per heavy atom. The molecule has 0 aromatic carbocycles. The third-order valence-electron chi connectivity index (χ3n) is 4.14. The summed E-state index contributed by atoms with van der Waals surface area (Å²) < 4.78 is 4.82. The first-order chi connectivity index (χ1) is 7.13. The lowest BCUT2D eigenvalue weighted by Gasteiger charge is -2.30. The molecule has 3 aliphatic carbocycles. The SMILES string of the molecule is COC(=O)[C@@H]1C[C@@H]2C(=O)C[C@H]1CC[C@H]2C. The highest BCUT2D eigenvalue weighted by Crippen LogP contribution is 2.44. The molecule has 15 heavy (non-hydrogen) atoms. The van der Waals surface area contributed by atoms with Gasteiger partial charge in [-0.2, -0.15) is 0 Å². The van der Waals surface area contributed by atoms with Crippen LogP contribution < -0.4 is 0 Å². The lowest BCUT2D eigenvalue weighted by molar-refractivity contribution is -0.150. The van der Waals surface area contributed by atoms with Crippen molar-refractivity contribution in [3.8, 4) is 0 Å². The Morgan fingerprint density at radius 3 is 2.80 bits per heavy atom. The van der Waals surface area contributed by atoms with E-state index in [-0.39, 0.29) is 23.7 Å². The Balaban J connectivity index is 2.20. The Hall–Kier alpha value is -0.860. The number of ether oxygens (including phenoxy) is 1. The second-order valence-electron chi connectivity index (χ2n) is 4.96. The summed E-state index contributed by atoms with van der Waals surface area (Å²) in [4.78, 5) is 23.4. The number of carbonyl (C=O) groups is 2. The zero-order valence-corrected chi connectivity index (χ0v) is 9.36.